The van der Waals surface area contributed by atoms with Gasteiger partial charge in [-0.1, -0.05) is 6.07 Å². The van der Waals surface area contributed by atoms with Crippen LogP contribution in [0.25, 0.3) is 0 Å². The van der Waals surface area contributed by atoms with Crippen LogP contribution in [0.3, 0.4) is 0 Å². The van der Waals surface area contributed by atoms with Crippen LogP contribution in [-0.4, -0.2) is 54.8 Å². The molecule has 0 aromatic heterocycles. The lowest BCUT2D eigenvalue weighted by Gasteiger charge is -2.32. The molecular weight excluding hydrogens is 266 g/mol. The summed E-state index contributed by atoms with van der Waals surface area (Å²) in [5, 5.41) is 3.47. The molecule has 1 aliphatic heterocycles. The van der Waals surface area contributed by atoms with Gasteiger partial charge >= 0.3 is 0 Å². The first-order valence-corrected chi connectivity index (χ1v) is 7.31. The molecule has 1 aliphatic rings. The van der Waals surface area contributed by atoms with Crippen molar-refractivity contribution in [2.75, 3.05) is 32.5 Å². The molecule has 1 aromatic carbocycles. The van der Waals surface area contributed by atoms with E-state index >= 15 is 0 Å². The molecule has 0 bridgehead atoms. The van der Waals surface area contributed by atoms with E-state index in [1.165, 1.54) is 0 Å². The Morgan fingerprint density at radius 3 is 2.48 bits per heavy atom. The van der Waals surface area contributed by atoms with Gasteiger partial charge in [-0.3, -0.25) is 9.59 Å². The van der Waals surface area contributed by atoms with E-state index in [2.05, 4.69) is 5.32 Å². The third-order valence-electron chi connectivity index (χ3n) is 3.83. The van der Waals surface area contributed by atoms with Gasteiger partial charge in [0.1, 0.15) is 0 Å². The second-order valence-corrected chi connectivity index (χ2v) is 5.71. The molecule has 5 heteroatoms. The van der Waals surface area contributed by atoms with Gasteiger partial charge in [-0.05, 0) is 31.0 Å². The minimum atomic E-state index is 0.00467. The van der Waals surface area contributed by atoms with Gasteiger partial charge in [0.25, 0.3) is 5.91 Å². The zero-order valence-electron chi connectivity index (χ0n) is 12.9. The van der Waals surface area contributed by atoms with E-state index in [0.717, 1.165) is 31.6 Å². The van der Waals surface area contributed by atoms with E-state index in [1.807, 2.05) is 29.2 Å². The number of anilines is 1. The van der Waals surface area contributed by atoms with Gasteiger partial charge in [-0.15, -0.1) is 0 Å². The smallest absolute Gasteiger partial charge is 0.253 e. The van der Waals surface area contributed by atoms with Crippen LogP contribution in [0.5, 0.6) is 0 Å². The van der Waals surface area contributed by atoms with Crippen LogP contribution in [0.4, 0.5) is 5.69 Å². The summed E-state index contributed by atoms with van der Waals surface area (Å²) < 4.78 is 0. The molecule has 1 heterocycles. The van der Waals surface area contributed by atoms with Gasteiger partial charge in [0.05, 0.1) is 0 Å². The largest absolute Gasteiger partial charge is 0.382 e. The highest BCUT2D eigenvalue weighted by atomic mass is 16.2. The maximum atomic E-state index is 12.0. The number of carbonyl (C=O) groups excluding carboxylic acids is 2. The molecule has 2 amide bonds. The zero-order chi connectivity index (χ0) is 15.4. The summed E-state index contributed by atoms with van der Waals surface area (Å²) in [5.41, 5.74) is 1.65. The zero-order valence-corrected chi connectivity index (χ0v) is 12.9. The fraction of sp³-hybridized carbons (Fsp3) is 0.500. The molecule has 0 radical (unpaired) electrons. The van der Waals surface area contributed by atoms with Crippen LogP contribution < -0.4 is 5.32 Å². The molecule has 1 saturated heterocycles. The molecule has 1 fully saturated rings. The standard InChI is InChI=1S/C16H23N3O2/c1-12(20)19-9-7-14(8-10-19)17-15-6-4-5-13(11-15)16(21)18(2)3/h4-6,11,14,17H,7-10H2,1-3H3. The second kappa shape index (κ2) is 6.61. The van der Waals surface area contributed by atoms with Crippen molar-refractivity contribution >= 4 is 17.5 Å². The molecule has 0 spiro atoms. The number of likely N-dealkylation sites (tertiary alicyclic amines) is 1. The van der Waals surface area contributed by atoms with Crippen LogP contribution in [0.15, 0.2) is 24.3 Å². The van der Waals surface area contributed by atoms with Crippen molar-refractivity contribution in [3.63, 3.8) is 0 Å². The number of amides is 2. The van der Waals surface area contributed by atoms with E-state index in [4.69, 9.17) is 0 Å². The summed E-state index contributed by atoms with van der Waals surface area (Å²) in [7, 11) is 3.50. The van der Waals surface area contributed by atoms with Crippen LogP contribution in [-0.2, 0) is 4.79 Å². The number of nitrogens with zero attached hydrogens (tertiary/aromatic N) is 2. The van der Waals surface area contributed by atoms with Crippen molar-refractivity contribution in [2.24, 2.45) is 0 Å². The van der Waals surface area contributed by atoms with Crippen LogP contribution in [0.2, 0.25) is 0 Å². The van der Waals surface area contributed by atoms with E-state index in [9.17, 15) is 9.59 Å². The van der Waals surface area contributed by atoms with Gasteiger partial charge in [0.2, 0.25) is 5.91 Å². The molecule has 114 valence electrons. The van der Waals surface area contributed by atoms with E-state index < -0.39 is 0 Å². The fourth-order valence-electron chi connectivity index (χ4n) is 2.57. The first-order valence-electron chi connectivity index (χ1n) is 7.31. The molecule has 0 unspecified atom stereocenters. The summed E-state index contributed by atoms with van der Waals surface area (Å²) in [4.78, 5) is 26.7. The first kappa shape index (κ1) is 15.4. The Balaban J connectivity index is 1.96. The van der Waals surface area contributed by atoms with Crippen molar-refractivity contribution < 1.29 is 9.59 Å². The van der Waals surface area contributed by atoms with E-state index in [0.29, 0.717) is 11.6 Å². The number of hydrogen-bond donors (Lipinski definition) is 1. The van der Waals surface area contributed by atoms with Crippen molar-refractivity contribution in [3.8, 4) is 0 Å². The maximum absolute atomic E-state index is 12.0. The number of piperidine rings is 1. The Bertz CT molecular complexity index is 520. The molecule has 5 nitrogen and oxygen atoms in total. The number of hydrogen-bond acceptors (Lipinski definition) is 3. The molecule has 1 aromatic rings. The Kier molecular flexibility index (Phi) is 4.83. The normalized spacial score (nSPS) is 15.7. The number of carbonyl (C=O) groups is 2. The Morgan fingerprint density at radius 1 is 1.24 bits per heavy atom. The highest BCUT2D eigenvalue weighted by Crippen LogP contribution is 2.18. The number of nitrogens with one attached hydrogen (secondary N) is 1. The third-order valence-corrected chi connectivity index (χ3v) is 3.83. The summed E-state index contributed by atoms with van der Waals surface area (Å²) in [6.07, 6.45) is 1.87. The minimum Gasteiger partial charge on any atom is -0.382 e. The van der Waals surface area contributed by atoms with Crippen molar-refractivity contribution in [3.05, 3.63) is 29.8 Å². The Hall–Kier alpha value is -2.04. The number of rotatable bonds is 3. The molecule has 1 N–H and O–H groups in total. The molecule has 2 rings (SSSR count). The van der Waals surface area contributed by atoms with Gasteiger partial charge in [-0.25, -0.2) is 0 Å². The maximum Gasteiger partial charge on any atom is 0.253 e. The van der Waals surface area contributed by atoms with Crippen molar-refractivity contribution in [1.82, 2.24) is 9.80 Å². The average Bonchev–Trinajstić information content (AvgIpc) is 2.47. The lowest BCUT2D eigenvalue weighted by atomic mass is 10.0. The summed E-state index contributed by atoms with van der Waals surface area (Å²) in [6.45, 7) is 3.21. The molecular formula is C16H23N3O2. The first-order chi connectivity index (χ1) is 9.97. The SMILES string of the molecule is CC(=O)N1CCC(Nc2cccc(C(=O)N(C)C)c2)CC1. The predicted octanol–water partition coefficient (Wildman–Crippen LogP) is 1.81. The fourth-order valence-corrected chi connectivity index (χ4v) is 2.57. The van der Waals surface area contributed by atoms with Crippen LogP contribution in [0, 0.1) is 0 Å². The summed E-state index contributed by atoms with van der Waals surface area (Å²) in [5.74, 6) is 0.150. The Morgan fingerprint density at radius 2 is 1.90 bits per heavy atom. The van der Waals surface area contributed by atoms with Crippen molar-refractivity contribution in [2.45, 2.75) is 25.8 Å². The predicted molar refractivity (Wildman–Crippen MR) is 83.4 cm³/mol. The summed E-state index contributed by atoms with van der Waals surface area (Å²) >= 11 is 0. The third kappa shape index (κ3) is 3.97. The molecule has 0 saturated carbocycles. The monoisotopic (exact) mass is 289 g/mol. The lowest BCUT2D eigenvalue weighted by Crippen LogP contribution is -2.41. The molecule has 0 aliphatic carbocycles. The average molecular weight is 289 g/mol. The Labute approximate surface area is 125 Å². The van der Waals surface area contributed by atoms with Crippen molar-refractivity contribution in [1.29, 1.82) is 0 Å². The quantitative estimate of drug-likeness (QED) is 0.923. The van der Waals surface area contributed by atoms with E-state index in [1.54, 1.807) is 25.9 Å². The van der Waals surface area contributed by atoms with Gasteiger partial charge in [0, 0.05) is 51.4 Å². The molecule has 0 atom stereocenters. The van der Waals surface area contributed by atoms with E-state index in [-0.39, 0.29) is 11.8 Å². The highest BCUT2D eigenvalue weighted by molar-refractivity contribution is 5.94. The van der Waals surface area contributed by atoms with Gasteiger partial charge < -0.3 is 15.1 Å². The van der Waals surface area contributed by atoms with Crippen LogP contribution in [0.1, 0.15) is 30.1 Å². The number of benzene rings is 1. The van der Waals surface area contributed by atoms with Crippen LogP contribution >= 0.6 is 0 Å². The highest BCUT2D eigenvalue weighted by Gasteiger charge is 2.20. The lowest BCUT2D eigenvalue weighted by molar-refractivity contribution is -0.129. The summed E-state index contributed by atoms with van der Waals surface area (Å²) in [6, 6.07) is 7.93. The second-order valence-electron chi connectivity index (χ2n) is 5.71. The van der Waals surface area contributed by atoms with Gasteiger partial charge in [-0.2, -0.15) is 0 Å². The van der Waals surface area contributed by atoms with Gasteiger partial charge in [0.15, 0.2) is 0 Å². The minimum absolute atomic E-state index is 0.00467. The topological polar surface area (TPSA) is 52.7 Å². The molecule has 21 heavy (non-hydrogen) atoms.